The molecular formula is C29H31F6N3O6S. The van der Waals surface area contributed by atoms with Gasteiger partial charge in [0, 0.05) is 60.8 Å². The average Bonchev–Trinajstić information content (AvgIpc) is 3.52. The van der Waals surface area contributed by atoms with E-state index in [1.54, 1.807) is 6.20 Å². The highest BCUT2D eigenvalue weighted by Gasteiger charge is 2.44. The van der Waals surface area contributed by atoms with E-state index in [0.29, 0.717) is 44.2 Å². The minimum absolute atomic E-state index is 0.0226. The average molecular weight is 664 g/mol. The van der Waals surface area contributed by atoms with Gasteiger partial charge in [-0.15, -0.1) is 0 Å². The van der Waals surface area contributed by atoms with E-state index in [2.05, 4.69) is 9.88 Å². The predicted octanol–water partition coefficient (Wildman–Crippen LogP) is 5.17. The standard InChI is InChI=1S/C28H27F6N3O3.CH4O3S/c1-16(38)40-15-22-7-6-21-13-37(23(14-36(21)22)10-18-12-35-25-5-3-2-4-24(18)25)26(39)17-8-19(27(29,30)31)11-20(9-17)28(32,33)34;1-5(2,3)4/h2-5,8-9,11-12,21-23,35H,6-7,10,13-15H2,1H3;1H3,(H,2,3,4). The SMILES string of the molecule is CC(=O)OCC1CCC2CN(C(=O)c3cc(C(F)(F)F)cc(C(F)(F)F)c3)C(Cc3c[nH]c4ccccc34)CN12.CS(=O)(=O)O. The highest BCUT2D eigenvalue weighted by Crippen LogP contribution is 2.38. The molecule has 16 heteroatoms. The van der Waals surface area contributed by atoms with Crippen LogP contribution in [0.25, 0.3) is 10.9 Å². The van der Waals surface area contributed by atoms with E-state index in [1.165, 1.54) is 11.8 Å². The van der Waals surface area contributed by atoms with Gasteiger partial charge in [-0.1, -0.05) is 18.2 Å². The highest BCUT2D eigenvalue weighted by molar-refractivity contribution is 7.85. The van der Waals surface area contributed by atoms with Gasteiger partial charge in [-0.25, -0.2) is 0 Å². The zero-order valence-electron chi connectivity index (χ0n) is 24.2. The Morgan fingerprint density at radius 2 is 1.58 bits per heavy atom. The molecule has 2 N–H and O–H groups in total. The number of H-pyrrole nitrogens is 1. The normalized spacial score (nSPS) is 20.8. The van der Waals surface area contributed by atoms with E-state index in [1.807, 2.05) is 24.3 Å². The van der Waals surface area contributed by atoms with Crippen molar-refractivity contribution in [3.8, 4) is 0 Å². The summed E-state index contributed by atoms with van der Waals surface area (Å²) in [6, 6.07) is 7.69. The van der Waals surface area contributed by atoms with Gasteiger partial charge < -0.3 is 14.6 Å². The van der Waals surface area contributed by atoms with Crippen molar-refractivity contribution in [2.75, 3.05) is 26.0 Å². The van der Waals surface area contributed by atoms with Crippen molar-refractivity contribution in [2.45, 2.75) is 56.7 Å². The number of hydrogen-bond donors (Lipinski definition) is 2. The van der Waals surface area contributed by atoms with Gasteiger partial charge in [-0.05, 0) is 49.1 Å². The molecule has 5 rings (SSSR count). The number of aromatic amines is 1. The predicted molar refractivity (Wildman–Crippen MR) is 151 cm³/mol. The molecule has 0 aliphatic carbocycles. The minimum atomic E-state index is -5.06. The van der Waals surface area contributed by atoms with Crippen molar-refractivity contribution < 1.29 is 53.6 Å². The largest absolute Gasteiger partial charge is 0.464 e. The molecule has 0 radical (unpaired) electrons. The first-order chi connectivity index (χ1) is 20.8. The van der Waals surface area contributed by atoms with Gasteiger partial charge in [0.1, 0.15) is 6.61 Å². The molecule has 9 nitrogen and oxygen atoms in total. The zero-order valence-corrected chi connectivity index (χ0v) is 25.0. The third-order valence-corrected chi connectivity index (χ3v) is 7.75. The second-order valence-corrected chi connectivity index (χ2v) is 12.6. The van der Waals surface area contributed by atoms with Gasteiger partial charge in [0.15, 0.2) is 0 Å². The van der Waals surface area contributed by atoms with E-state index >= 15 is 0 Å². The maximum atomic E-state index is 13.7. The van der Waals surface area contributed by atoms with Crippen molar-refractivity contribution in [1.29, 1.82) is 0 Å². The molecule has 3 heterocycles. The Morgan fingerprint density at radius 1 is 0.978 bits per heavy atom. The number of aromatic nitrogens is 1. The number of hydrogen-bond acceptors (Lipinski definition) is 6. The summed E-state index contributed by atoms with van der Waals surface area (Å²) in [6.07, 6.45) is -5.96. The maximum absolute atomic E-state index is 13.7. The molecule has 2 aliphatic rings. The molecule has 0 spiro atoms. The molecule has 2 aromatic carbocycles. The summed E-state index contributed by atoms with van der Waals surface area (Å²) < 4.78 is 112. The molecule has 1 amide bonds. The van der Waals surface area contributed by atoms with E-state index in [9.17, 15) is 44.3 Å². The van der Waals surface area contributed by atoms with Crippen molar-refractivity contribution in [1.82, 2.24) is 14.8 Å². The molecule has 3 unspecified atom stereocenters. The molecule has 45 heavy (non-hydrogen) atoms. The van der Waals surface area contributed by atoms with Gasteiger partial charge in [-0.3, -0.25) is 19.0 Å². The summed E-state index contributed by atoms with van der Waals surface area (Å²) in [5.41, 5.74) is -1.98. The number of ether oxygens (including phenoxy) is 1. The lowest BCUT2D eigenvalue weighted by atomic mass is 9.97. The number of esters is 1. The first-order valence-corrected chi connectivity index (χ1v) is 15.6. The van der Waals surface area contributed by atoms with Crippen LogP contribution in [0, 0.1) is 0 Å². The molecule has 3 atom stereocenters. The van der Waals surface area contributed by atoms with Gasteiger partial charge in [0.2, 0.25) is 0 Å². The Bertz CT molecular complexity index is 1620. The molecule has 2 fully saturated rings. The number of alkyl halides is 6. The number of carbonyl (C=O) groups is 2. The number of amides is 1. The van der Waals surface area contributed by atoms with Crippen LogP contribution in [-0.4, -0.2) is 83.7 Å². The monoisotopic (exact) mass is 663 g/mol. The van der Waals surface area contributed by atoms with E-state index < -0.39 is 57.1 Å². The highest BCUT2D eigenvalue weighted by atomic mass is 32.2. The zero-order chi connectivity index (χ0) is 33.3. The van der Waals surface area contributed by atoms with E-state index in [4.69, 9.17) is 9.29 Å². The number of nitrogens with one attached hydrogen (secondary N) is 1. The number of piperazine rings is 1. The first-order valence-electron chi connectivity index (χ1n) is 13.8. The molecule has 0 bridgehead atoms. The minimum Gasteiger partial charge on any atom is -0.464 e. The molecule has 246 valence electrons. The second-order valence-electron chi connectivity index (χ2n) is 11.1. The smallest absolute Gasteiger partial charge is 0.416 e. The van der Waals surface area contributed by atoms with Crippen LogP contribution in [0.5, 0.6) is 0 Å². The third-order valence-electron chi connectivity index (χ3n) is 7.75. The van der Waals surface area contributed by atoms with Crippen molar-refractivity contribution >= 4 is 32.9 Å². The van der Waals surface area contributed by atoms with Crippen LogP contribution < -0.4 is 0 Å². The Balaban J connectivity index is 0.000000854. The quantitative estimate of drug-likeness (QED) is 0.220. The Kier molecular flexibility index (Phi) is 9.90. The van der Waals surface area contributed by atoms with Crippen LogP contribution in [0.15, 0.2) is 48.7 Å². The number of para-hydroxylation sites is 1. The summed E-state index contributed by atoms with van der Waals surface area (Å²) in [4.78, 5) is 31.9. The van der Waals surface area contributed by atoms with Crippen LogP contribution in [-0.2, 0) is 38.4 Å². The van der Waals surface area contributed by atoms with Crippen LogP contribution in [0.4, 0.5) is 26.3 Å². The number of benzene rings is 2. The Hall–Kier alpha value is -3.63. The van der Waals surface area contributed by atoms with Gasteiger partial charge in [-0.2, -0.15) is 34.8 Å². The summed E-state index contributed by atoms with van der Waals surface area (Å²) in [5.74, 6) is -1.30. The molecule has 2 saturated heterocycles. The summed E-state index contributed by atoms with van der Waals surface area (Å²) in [5, 5.41) is 0.910. The summed E-state index contributed by atoms with van der Waals surface area (Å²) >= 11 is 0. The molecular weight excluding hydrogens is 632 g/mol. The fourth-order valence-corrected chi connectivity index (χ4v) is 5.84. The fraction of sp³-hybridized carbons (Fsp3) is 0.448. The maximum Gasteiger partial charge on any atom is 0.416 e. The van der Waals surface area contributed by atoms with E-state index in [-0.39, 0.29) is 31.3 Å². The number of halogens is 6. The van der Waals surface area contributed by atoms with Crippen LogP contribution in [0.1, 0.15) is 46.8 Å². The van der Waals surface area contributed by atoms with Crippen LogP contribution in [0.3, 0.4) is 0 Å². The van der Waals surface area contributed by atoms with E-state index in [0.717, 1.165) is 16.5 Å². The van der Waals surface area contributed by atoms with Gasteiger partial charge >= 0.3 is 18.3 Å². The topological polar surface area (TPSA) is 120 Å². The number of rotatable bonds is 5. The van der Waals surface area contributed by atoms with Crippen LogP contribution in [0.2, 0.25) is 0 Å². The van der Waals surface area contributed by atoms with Crippen molar-refractivity contribution in [3.05, 3.63) is 70.9 Å². The number of nitrogens with zero attached hydrogens (tertiary/aromatic N) is 2. The van der Waals surface area contributed by atoms with Gasteiger partial charge in [0.05, 0.1) is 17.4 Å². The Labute approximate surface area is 254 Å². The molecule has 2 aliphatic heterocycles. The third kappa shape index (κ3) is 8.76. The van der Waals surface area contributed by atoms with Crippen molar-refractivity contribution in [2.24, 2.45) is 0 Å². The van der Waals surface area contributed by atoms with Gasteiger partial charge in [0.25, 0.3) is 16.0 Å². The fourth-order valence-electron chi connectivity index (χ4n) is 5.84. The molecule has 0 saturated carbocycles. The molecule has 3 aromatic rings. The first kappa shape index (κ1) is 34.2. The lowest BCUT2D eigenvalue weighted by Crippen LogP contribution is -2.60. The Morgan fingerprint density at radius 3 is 2.16 bits per heavy atom. The van der Waals surface area contributed by atoms with Crippen LogP contribution >= 0.6 is 0 Å². The summed E-state index contributed by atoms with van der Waals surface area (Å²) in [7, 11) is -3.67. The van der Waals surface area contributed by atoms with Crippen molar-refractivity contribution in [3.63, 3.8) is 0 Å². The lowest BCUT2D eigenvalue weighted by molar-refractivity contribution is -0.144. The molecule has 1 aromatic heterocycles. The lowest BCUT2D eigenvalue weighted by Gasteiger charge is -2.45. The second kappa shape index (κ2) is 13.0. The summed E-state index contributed by atoms with van der Waals surface area (Å²) in [6.45, 7) is 1.93. The number of fused-ring (bicyclic) bond motifs is 2. The number of carbonyl (C=O) groups excluding carboxylic acids is 2.